The van der Waals surface area contributed by atoms with E-state index >= 15 is 0 Å². The van der Waals surface area contributed by atoms with E-state index < -0.39 is 29.5 Å². The Morgan fingerprint density at radius 3 is 2.61 bits per heavy atom. The third kappa shape index (κ3) is 5.16. The average molecular weight is 323 g/mol. The Kier molecular flexibility index (Phi) is 6.35. The van der Waals surface area contributed by atoms with Crippen molar-refractivity contribution in [3.05, 3.63) is 10.4 Å². The molecule has 0 aromatic heterocycles. The third-order valence-corrected chi connectivity index (χ3v) is 3.48. The summed E-state index contributed by atoms with van der Waals surface area (Å²) in [6, 6.07) is 1.90. The zero-order valence-corrected chi connectivity index (χ0v) is 12.9. The molecule has 1 fully saturated rings. The number of carbonyl (C=O) groups excluding carboxylic acids is 3. The van der Waals surface area contributed by atoms with E-state index in [-0.39, 0.29) is 25.8 Å². The number of rotatable bonds is 7. The van der Waals surface area contributed by atoms with Gasteiger partial charge in [0.25, 0.3) is 11.8 Å². The van der Waals surface area contributed by atoms with Crippen LogP contribution in [0.2, 0.25) is 0 Å². The minimum Gasteiger partial charge on any atom is -0.428 e. The molecule has 1 heterocycles. The molecule has 0 N–H and O–H groups in total. The molecule has 0 bridgehead atoms. The van der Waals surface area contributed by atoms with Crippen molar-refractivity contribution in [1.82, 2.24) is 5.06 Å². The van der Waals surface area contributed by atoms with Crippen molar-refractivity contribution < 1.29 is 24.0 Å². The minimum atomic E-state index is -1.23. The van der Waals surface area contributed by atoms with Crippen LogP contribution in [0.15, 0.2) is 5.11 Å². The first-order valence-corrected chi connectivity index (χ1v) is 6.94. The molecule has 23 heavy (non-hydrogen) atoms. The highest BCUT2D eigenvalue weighted by atomic mass is 16.8. The van der Waals surface area contributed by atoms with Crippen LogP contribution in [0.3, 0.4) is 0 Å². The van der Waals surface area contributed by atoms with Crippen molar-refractivity contribution in [3.8, 4) is 6.07 Å². The van der Waals surface area contributed by atoms with Gasteiger partial charge in [-0.25, -0.2) is 4.79 Å². The summed E-state index contributed by atoms with van der Waals surface area (Å²) in [7, 11) is 0. The first-order chi connectivity index (χ1) is 10.8. The van der Waals surface area contributed by atoms with Gasteiger partial charge in [0, 0.05) is 29.7 Å². The van der Waals surface area contributed by atoms with Crippen molar-refractivity contribution in [1.29, 1.82) is 5.26 Å². The molecule has 0 aromatic carbocycles. The maximum Gasteiger partial charge on any atom is 0.534 e. The monoisotopic (exact) mass is 323 g/mol. The second-order valence-electron chi connectivity index (χ2n) is 5.58. The van der Waals surface area contributed by atoms with Gasteiger partial charge in [0.15, 0.2) is 0 Å². The maximum absolute atomic E-state index is 11.8. The lowest BCUT2D eigenvalue weighted by atomic mass is 9.81. The van der Waals surface area contributed by atoms with Crippen LogP contribution in [0.25, 0.3) is 10.4 Å². The van der Waals surface area contributed by atoms with Crippen LogP contribution >= 0.6 is 0 Å². The van der Waals surface area contributed by atoms with Crippen molar-refractivity contribution in [3.63, 3.8) is 0 Å². The highest BCUT2D eigenvalue weighted by Crippen LogP contribution is 2.30. The molecule has 1 atom stereocenters. The van der Waals surface area contributed by atoms with Gasteiger partial charge in [-0.1, -0.05) is 24.0 Å². The molecule has 2 amide bonds. The van der Waals surface area contributed by atoms with Crippen LogP contribution < -0.4 is 0 Å². The number of nitrogens with zero attached hydrogens (tertiary/aromatic N) is 5. The summed E-state index contributed by atoms with van der Waals surface area (Å²) in [5.41, 5.74) is 7.63. The fourth-order valence-electron chi connectivity index (χ4n) is 1.97. The van der Waals surface area contributed by atoms with Gasteiger partial charge in [-0.05, 0) is 12.0 Å². The summed E-state index contributed by atoms with van der Waals surface area (Å²) < 4.78 is 5.08. The van der Waals surface area contributed by atoms with Crippen molar-refractivity contribution in [2.45, 2.75) is 45.6 Å². The van der Waals surface area contributed by atoms with Gasteiger partial charge in [0.05, 0.1) is 12.5 Å². The molecule has 1 rings (SSSR count). The average Bonchev–Trinajstić information content (AvgIpc) is 2.79. The Labute approximate surface area is 132 Å². The first-order valence-electron chi connectivity index (χ1n) is 6.94. The van der Waals surface area contributed by atoms with Crippen LogP contribution in [0.4, 0.5) is 4.79 Å². The van der Waals surface area contributed by atoms with E-state index in [1.54, 1.807) is 13.8 Å². The topological polar surface area (TPSA) is 145 Å². The number of ether oxygens (including phenoxy) is 1. The second-order valence-corrected chi connectivity index (χ2v) is 5.58. The van der Waals surface area contributed by atoms with Gasteiger partial charge < -0.3 is 4.74 Å². The smallest absolute Gasteiger partial charge is 0.428 e. The Morgan fingerprint density at radius 2 is 2.09 bits per heavy atom. The lowest BCUT2D eigenvalue weighted by molar-refractivity contribution is -0.180. The quantitative estimate of drug-likeness (QED) is 0.231. The Bertz CT molecular complexity index is 560. The SMILES string of the molecule is CC(C)(CCN=[N+]=[N-])C(CC#N)OC(=O)ON1C(=O)CCC1=O. The highest BCUT2D eigenvalue weighted by Gasteiger charge is 2.37. The van der Waals surface area contributed by atoms with Crippen LogP contribution in [0, 0.1) is 16.7 Å². The normalized spacial score (nSPS) is 15.6. The molecule has 1 unspecified atom stereocenters. The van der Waals surface area contributed by atoms with Gasteiger partial charge in [-0.3, -0.25) is 14.4 Å². The Hall–Kier alpha value is -2.79. The molecule has 1 aliphatic rings. The molecule has 0 aliphatic carbocycles. The molecule has 124 valence electrons. The second kappa shape index (κ2) is 8.00. The predicted molar refractivity (Wildman–Crippen MR) is 75.1 cm³/mol. The van der Waals surface area contributed by atoms with Crippen LogP contribution in [-0.2, 0) is 19.2 Å². The van der Waals surface area contributed by atoms with Crippen molar-refractivity contribution >= 4 is 18.0 Å². The number of hydrogen-bond donors (Lipinski definition) is 0. The van der Waals surface area contributed by atoms with E-state index in [1.807, 2.05) is 6.07 Å². The number of hydrogen-bond acceptors (Lipinski definition) is 7. The van der Waals surface area contributed by atoms with Crippen LogP contribution in [0.5, 0.6) is 0 Å². The minimum absolute atomic E-state index is 0.0224. The fraction of sp³-hybridized carbons (Fsp3) is 0.692. The summed E-state index contributed by atoms with van der Waals surface area (Å²) in [6.45, 7) is 3.65. The molecule has 10 nitrogen and oxygen atoms in total. The summed E-state index contributed by atoms with van der Waals surface area (Å²) >= 11 is 0. The third-order valence-electron chi connectivity index (χ3n) is 3.48. The highest BCUT2D eigenvalue weighted by molar-refractivity contribution is 6.01. The zero-order valence-electron chi connectivity index (χ0n) is 12.9. The molecule has 0 aromatic rings. The van der Waals surface area contributed by atoms with E-state index in [0.29, 0.717) is 11.5 Å². The summed E-state index contributed by atoms with van der Waals surface area (Å²) in [5, 5.41) is 12.7. The van der Waals surface area contributed by atoms with Crippen LogP contribution in [0.1, 0.15) is 39.5 Å². The Morgan fingerprint density at radius 1 is 1.48 bits per heavy atom. The zero-order chi connectivity index (χ0) is 17.5. The van der Waals surface area contributed by atoms with E-state index in [4.69, 9.17) is 15.5 Å². The number of azide groups is 1. The summed E-state index contributed by atoms with van der Waals surface area (Å²) in [4.78, 5) is 41.8. The first kappa shape index (κ1) is 18.3. The van der Waals surface area contributed by atoms with Gasteiger partial charge in [0.2, 0.25) is 0 Å². The molecule has 10 heteroatoms. The molecular formula is C13H17N5O5. The van der Waals surface area contributed by atoms with E-state index in [2.05, 4.69) is 14.9 Å². The maximum atomic E-state index is 11.8. The lowest BCUT2D eigenvalue weighted by Gasteiger charge is -2.31. The molecule has 0 spiro atoms. The molecule has 1 saturated heterocycles. The number of imide groups is 1. The van der Waals surface area contributed by atoms with E-state index in [9.17, 15) is 14.4 Å². The molecule has 0 saturated carbocycles. The molecule has 1 aliphatic heterocycles. The lowest BCUT2D eigenvalue weighted by Crippen LogP contribution is -2.38. The van der Waals surface area contributed by atoms with E-state index in [0.717, 1.165) is 0 Å². The largest absolute Gasteiger partial charge is 0.534 e. The summed E-state index contributed by atoms with van der Waals surface area (Å²) in [5.74, 6) is -1.24. The molecule has 0 radical (unpaired) electrons. The predicted octanol–water partition coefficient (Wildman–Crippen LogP) is 2.21. The van der Waals surface area contributed by atoms with Crippen molar-refractivity contribution in [2.24, 2.45) is 10.5 Å². The van der Waals surface area contributed by atoms with Gasteiger partial charge in [-0.15, -0.1) is 0 Å². The standard InChI is InChI=1S/C13H17N5O5/c1-13(2,6-8-16-17-15)9(5-7-14)22-12(21)23-18-10(19)3-4-11(18)20/h9H,3-6,8H2,1-2H3. The van der Waals surface area contributed by atoms with Crippen molar-refractivity contribution in [2.75, 3.05) is 6.54 Å². The van der Waals surface area contributed by atoms with Gasteiger partial charge >= 0.3 is 6.16 Å². The number of amides is 2. The number of hydroxylamine groups is 2. The van der Waals surface area contributed by atoms with Gasteiger partial charge in [0.1, 0.15) is 6.10 Å². The summed E-state index contributed by atoms with van der Waals surface area (Å²) in [6.07, 6.45) is -1.86. The number of nitriles is 1. The van der Waals surface area contributed by atoms with Gasteiger partial charge in [-0.2, -0.15) is 5.26 Å². The Balaban J connectivity index is 2.69. The fourth-order valence-corrected chi connectivity index (χ4v) is 1.97. The van der Waals surface area contributed by atoms with Crippen LogP contribution in [-0.4, -0.2) is 35.7 Å². The molecular weight excluding hydrogens is 306 g/mol. The number of carbonyl (C=O) groups is 3. The van der Waals surface area contributed by atoms with E-state index in [1.165, 1.54) is 0 Å².